The highest BCUT2D eigenvalue weighted by molar-refractivity contribution is 9.10. The quantitative estimate of drug-likeness (QED) is 0.908. The Labute approximate surface area is 119 Å². The zero-order valence-corrected chi connectivity index (χ0v) is 12.7. The largest absolute Gasteiger partial charge is 0.369 e. The second kappa shape index (κ2) is 6.58. The molecular formula is C15H23BrN2. The standard InChI is InChI=1S/C15H23BrN2/c1-2-18(12-7-4-3-5-8-12)15-10-6-9-14(16)13(15)11-17/h6,9-10,12H,2-5,7-8,11,17H2,1H3. The van der Waals surface area contributed by atoms with E-state index in [4.69, 9.17) is 5.73 Å². The lowest BCUT2D eigenvalue weighted by Crippen LogP contribution is -2.37. The molecule has 2 nitrogen and oxygen atoms in total. The van der Waals surface area contributed by atoms with Gasteiger partial charge in [0.1, 0.15) is 0 Å². The lowest BCUT2D eigenvalue weighted by molar-refractivity contribution is 0.417. The number of nitrogens with two attached hydrogens (primary N) is 1. The molecule has 18 heavy (non-hydrogen) atoms. The monoisotopic (exact) mass is 310 g/mol. The van der Waals surface area contributed by atoms with Gasteiger partial charge in [-0.15, -0.1) is 0 Å². The third kappa shape index (κ3) is 2.89. The zero-order chi connectivity index (χ0) is 13.0. The van der Waals surface area contributed by atoms with Gasteiger partial charge in [-0.25, -0.2) is 0 Å². The highest BCUT2D eigenvalue weighted by Gasteiger charge is 2.22. The smallest absolute Gasteiger partial charge is 0.0425 e. The van der Waals surface area contributed by atoms with Crippen LogP contribution in [0.2, 0.25) is 0 Å². The van der Waals surface area contributed by atoms with Gasteiger partial charge in [0.15, 0.2) is 0 Å². The molecule has 0 atom stereocenters. The Hall–Kier alpha value is -0.540. The fraction of sp³-hybridized carbons (Fsp3) is 0.600. The summed E-state index contributed by atoms with van der Waals surface area (Å²) in [5, 5.41) is 0. The Bertz CT molecular complexity index is 386. The molecule has 0 bridgehead atoms. The minimum Gasteiger partial charge on any atom is -0.369 e. The summed E-state index contributed by atoms with van der Waals surface area (Å²) in [5.74, 6) is 0. The van der Waals surface area contributed by atoms with Crippen LogP contribution in [0.5, 0.6) is 0 Å². The van der Waals surface area contributed by atoms with Gasteiger partial charge in [0, 0.05) is 34.9 Å². The minimum absolute atomic E-state index is 0.597. The summed E-state index contributed by atoms with van der Waals surface area (Å²) in [5.41, 5.74) is 8.48. The topological polar surface area (TPSA) is 29.3 Å². The van der Waals surface area contributed by atoms with Crippen LogP contribution in [0.1, 0.15) is 44.6 Å². The van der Waals surface area contributed by atoms with Crippen molar-refractivity contribution in [2.45, 2.75) is 51.6 Å². The molecule has 3 heteroatoms. The van der Waals surface area contributed by atoms with E-state index < -0.39 is 0 Å². The molecule has 0 heterocycles. The fourth-order valence-electron chi connectivity index (χ4n) is 3.04. The molecule has 0 aliphatic heterocycles. The zero-order valence-electron chi connectivity index (χ0n) is 11.2. The minimum atomic E-state index is 0.597. The number of nitrogens with zero attached hydrogens (tertiary/aromatic N) is 1. The van der Waals surface area contributed by atoms with Crippen LogP contribution in [0.3, 0.4) is 0 Å². The summed E-state index contributed by atoms with van der Waals surface area (Å²) in [6.07, 6.45) is 6.78. The maximum absolute atomic E-state index is 5.92. The number of hydrogen-bond acceptors (Lipinski definition) is 2. The predicted octanol–water partition coefficient (Wildman–Crippen LogP) is 4.07. The highest BCUT2D eigenvalue weighted by Crippen LogP contribution is 2.32. The van der Waals surface area contributed by atoms with Crippen molar-refractivity contribution >= 4 is 21.6 Å². The molecule has 100 valence electrons. The fourth-order valence-corrected chi connectivity index (χ4v) is 3.55. The summed E-state index contributed by atoms with van der Waals surface area (Å²) >= 11 is 3.62. The third-order valence-corrected chi connectivity index (χ3v) is 4.71. The van der Waals surface area contributed by atoms with E-state index in [1.165, 1.54) is 43.4 Å². The molecule has 1 aliphatic rings. The van der Waals surface area contributed by atoms with Crippen molar-refractivity contribution in [1.82, 2.24) is 0 Å². The first-order valence-electron chi connectivity index (χ1n) is 7.02. The molecule has 0 aromatic heterocycles. The van der Waals surface area contributed by atoms with E-state index in [1.807, 2.05) is 0 Å². The molecule has 0 saturated heterocycles. The molecule has 2 N–H and O–H groups in total. The molecule has 1 saturated carbocycles. The van der Waals surface area contributed by atoms with Crippen LogP contribution < -0.4 is 10.6 Å². The summed E-state index contributed by atoms with van der Waals surface area (Å²) in [7, 11) is 0. The summed E-state index contributed by atoms with van der Waals surface area (Å²) in [6, 6.07) is 7.11. The van der Waals surface area contributed by atoms with Crippen molar-refractivity contribution in [1.29, 1.82) is 0 Å². The van der Waals surface area contributed by atoms with E-state index in [9.17, 15) is 0 Å². The van der Waals surface area contributed by atoms with Crippen molar-refractivity contribution in [3.63, 3.8) is 0 Å². The Morgan fingerprint density at radius 1 is 1.28 bits per heavy atom. The molecule has 2 rings (SSSR count). The van der Waals surface area contributed by atoms with Crippen LogP contribution in [0.15, 0.2) is 22.7 Å². The van der Waals surface area contributed by atoms with E-state index in [2.05, 4.69) is 46.0 Å². The van der Waals surface area contributed by atoms with E-state index in [0.29, 0.717) is 12.6 Å². The van der Waals surface area contributed by atoms with Crippen molar-refractivity contribution in [2.75, 3.05) is 11.4 Å². The first kappa shape index (κ1) is 13.9. The number of anilines is 1. The van der Waals surface area contributed by atoms with Crippen molar-refractivity contribution in [3.8, 4) is 0 Å². The van der Waals surface area contributed by atoms with Crippen molar-refractivity contribution in [3.05, 3.63) is 28.2 Å². The number of hydrogen-bond donors (Lipinski definition) is 1. The Morgan fingerprint density at radius 3 is 2.61 bits per heavy atom. The van der Waals surface area contributed by atoms with Gasteiger partial charge in [0.25, 0.3) is 0 Å². The average molecular weight is 311 g/mol. The Balaban J connectivity index is 2.28. The summed E-state index contributed by atoms with van der Waals surface area (Å²) in [4.78, 5) is 2.55. The van der Waals surface area contributed by atoms with Crippen LogP contribution in [0.25, 0.3) is 0 Å². The van der Waals surface area contributed by atoms with Gasteiger partial charge < -0.3 is 10.6 Å². The van der Waals surface area contributed by atoms with E-state index in [1.54, 1.807) is 0 Å². The molecule has 0 radical (unpaired) electrons. The lowest BCUT2D eigenvalue weighted by Gasteiger charge is -2.36. The van der Waals surface area contributed by atoms with Gasteiger partial charge in [0.2, 0.25) is 0 Å². The normalized spacial score (nSPS) is 16.8. The van der Waals surface area contributed by atoms with Crippen molar-refractivity contribution < 1.29 is 0 Å². The van der Waals surface area contributed by atoms with Gasteiger partial charge in [-0.1, -0.05) is 41.3 Å². The highest BCUT2D eigenvalue weighted by atomic mass is 79.9. The third-order valence-electron chi connectivity index (χ3n) is 3.96. The molecule has 1 aliphatic carbocycles. The predicted molar refractivity (Wildman–Crippen MR) is 81.9 cm³/mol. The van der Waals surface area contributed by atoms with Crippen LogP contribution in [-0.4, -0.2) is 12.6 Å². The van der Waals surface area contributed by atoms with E-state index in [-0.39, 0.29) is 0 Å². The maximum Gasteiger partial charge on any atom is 0.0425 e. The van der Waals surface area contributed by atoms with Crippen LogP contribution in [0, 0.1) is 0 Å². The molecule has 0 amide bonds. The van der Waals surface area contributed by atoms with Gasteiger partial charge in [-0.3, -0.25) is 0 Å². The summed E-state index contributed by atoms with van der Waals surface area (Å²) in [6.45, 7) is 3.91. The SMILES string of the molecule is CCN(c1cccc(Br)c1CN)C1CCCCC1. The molecule has 0 unspecified atom stereocenters. The Kier molecular flexibility index (Phi) is 5.07. The molecular weight excluding hydrogens is 288 g/mol. The molecule has 1 aromatic rings. The Morgan fingerprint density at radius 2 is 2.00 bits per heavy atom. The van der Waals surface area contributed by atoms with Gasteiger partial charge in [0.05, 0.1) is 0 Å². The lowest BCUT2D eigenvalue weighted by atomic mass is 9.93. The molecule has 0 spiro atoms. The number of benzene rings is 1. The van der Waals surface area contributed by atoms with E-state index >= 15 is 0 Å². The van der Waals surface area contributed by atoms with E-state index in [0.717, 1.165) is 11.0 Å². The van der Waals surface area contributed by atoms with Gasteiger partial charge in [-0.2, -0.15) is 0 Å². The first-order valence-corrected chi connectivity index (χ1v) is 7.81. The van der Waals surface area contributed by atoms with Gasteiger partial charge in [-0.05, 0) is 31.9 Å². The maximum atomic E-state index is 5.92. The van der Waals surface area contributed by atoms with Gasteiger partial charge >= 0.3 is 0 Å². The second-order valence-corrected chi connectivity index (χ2v) is 5.87. The van der Waals surface area contributed by atoms with Crippen LogP contribution >= 0.6 is 15.9 Å². The first-order chi connectivity index (χ1) is 8.77. The summed E-state index contributed by atoms with van der Waals surface area (Å²) < 4.78 is 1.14. The van der Waals surface area contributed by atoms with Crippen molar-refractivity contribution in [2.24, 2.45) is 5.73 Å². The van der Waals surface area contributed by atoms with Crippen LogP contribution in [-0.2, 0) is 6.54 Å². The molecule has 1 aromatic carbocycles. The number of halogens is 1. The molecule has 1 fully saturated rings. The second-order valence-electron chi connectivity index (χ2n) is 5.02. The number of rotatable bonds is 4. The average Bonchev–Trinajstić information content (AvgIpc) is 2.41. The van der Waals surface area contributed by atoms with Crippen LogP contribution in [0.4, 0.5) is 5.69 Å².